The number of benzene rings is 3. The van der Waals surface area contributed by atoms with Gasteiger partial charge in [-0.25, -0.2) is 0 Å². The molecule has 0 saturated carbocycles. The van der Waals surface area contributed by atoms with Crippen molar-refractivity contribution in [3.05, 3.63) is 87.5 Å². The fourth-order valence-electron chi connectivity index (χ4n) is 3.79. The molecule has 1 aliphatic heterocycles. The van der Waals surface area contributed by atoms with E-state index < -0.39 is 28.0 Å². The Hall–Kier alpha value is -3.17. The van der Waals surface area contributed by atoms with E-state index in [-0.39, 0.29) is 41.9 Å². The van der Waals surface area contributed by atoms with Crippen molar-refractivity contribution in [1.82, 2.24) is 0 Å². The highest BCUT2D eigenvalue weighted by atomic mass is 19.4. The number of rotatable bonds is 5. The van der Waals surface area contributed by atoms with Gasteiger partial charge in [0.1, 0.15) is 31.1 Å². The largest absolute Gasteiger partial charge is 0.488 e. The van der Waals surface area contributed by atoms with Crippen molar-refractivity contribution < 1.29 is 32.3 Å². The summed E-state index contributed by atoms with van der Waals surface area (Å²) in [6.45, 7) is 2.74. The number of ether oxygens (including phenoxy) is 3. The average Bonchev–Trinajstić information content (AvgIpc) is 2.77. The molecule has 1 aliphatic rings. The summed E-state index contributed by atoms with van der Waals surface area (Å²) in [4.78, 5) is 11.5. The monoisotopic (exact) mass is 461 g/mol. The van der Waals surface area contributed by atoms with Crippen LogP contribution in [-0.4, -0.2) is 23.9 Å². The molecule has 9 heteroatoms. The van der Waals surface area contributed by atoms with Crippen LogP contribution in [0.4, 0.5) is 13.2 Å². The highest BCUT2D eigenvalue weighted by molar-refractivity contribution is 5.89. The van der Waals surface area contributed by atoms with E-state index in [2.05, 4.69) is 0 Å². The molecule has 1 heterocycles. The molecule has 174 valence electrons. The molecular formula is C24H22F3NO5. The van der Waals surface area contributed by atoms with Crippen LogP contribution in [0.3, 0.4) is 0 Å². The van der Waals surface area contributed by atoms with Gasteiger partial charge in [0.2, 0.25) is 0 Å². The Balaban J connectivity index is 1.75. The molecule has 0 amide bonds. The number of halogens is 3. The Morgan fingerprint density at radius 2 is 1.70 bits per heavy atom. The molecule has 1 saturated heterocycles. The van der Waals surface area contributed by atoms with Crippen LogP contribution >= 0.6 is 0 Å². The fourth-order valence-corrected chi connectivity index (χ4v) is 3.79. The first kappa shape index (κ1) is 23.0. The van der Waals surface area contributed by atoms with Crippen molar-refractivity contribution in [2.75, 3.05) is 13.2 Å². The van der Waals surface area contributed by atoms with E-state index in [1.165, 1.54) is 30.3 Å². The Bertz CT molecular complexity index is 1170. The molecule has 0 aliphatic carbocycles. The van der Waals surface area contributed by atoms with Crippen molar-refractivity contribution in [3.8, 4) is 5.75 Å². The molecule has 0 N–H and O–H groups in total. The Morgan fingerprint density at radius 3 is 2.30 bits per heavy atom. The van der Waals surface area contributed by atoms with Gasteiger partial charge < -0.3 is 14.2 Å². The second-order valence-electron chi connectivity index (χ2n) is 8.41. The number of nitrogens with zero attached hydrogens (tertiary/aromatic N) is 1. The Labute approximate surface area is 188 Å². The molecule has 0 atom stereocenters. The molecule has 0 unspecified atom stereocenters. The minimum atomic E-state index is -4.69. The van der Waals surface area contributed by atoms with Gasteiger partial charge in [-0.2, -0.15) is 13.2 Å². The topological polar surface area (TPSA) is 70.8 Å². The van der Waals surface area contributed by atoms with Crippen molar-refractivity contribution in [2.24, 2.45) is 0 Å². The van der Waals surface area contributed by atoms with E-state index >= 15 is 0 Å². The zero-order valence-corrected chi connectivity index (χ0v) is 18.0. The number of hydrogen-bond donors (Lipinski definition) is 0. The highest BCUT2D eigenvalue weighted by Crippen LogP contribution is 2.43. The molecule has 0 radical (unpaired) electrons. The van der Waals surface area contributed by atoms with Crippen molar-refractivity contribution >= 4 is 10.8 Å². The van der Waals surface area contributed by atoms with Crippen molar-refractivity contribution in [2.45, 2.75) is 38.0 Å². The summed E-state index contributed by atoms with van der Waals surface area (Å²) in [5.74, 6) is -1.29. The third kappa shape index (κ3) is 4.51. The second kappa shape index (κ2) is 8.31. The molecule has 6 nitrogen and oxygen atoms in total. The van der Waals surface area contributed by atoms with E-state index in [0.29, 0.717) is 0 Å². The summed E-state index contributed by atoms with van der Waals surface area (Å²) in [5, 5.41) is 12.1. The van der Waals surface area contributed by atoms with Crippen LogP contribution in [0.2, 0.25) is 0 Å². The maximum atomic E-state index is 14.0. The minimum Gasteiger partial charge on any atom is -0.488 e. The molecule has 0 bridgehead atoms. The lowest BCUT2D eigenvalue weighted by Gasteiger charge is -2.38. The quantitative estimate of drug-likeness (QED) is 0.361. The Morgan fingerprint density at radius 1 is 1.03 bits per heavy atom. The van der Waals surface area contributed by atoms with Crippen molar-refractivity contribution in [3.63, 3.8) is 0 Å². The first-order valence-corrected chi connectivity index (χ1v) is 10.3. The number of alkyl halides is 3. The van der Waals surface area contributed by atoms with Crippen molar-refractivity contribution in [1.29, 1.82) is 0 Å². The second-order valence-corrected chi connectivity index (χ2v) is 8.41. The predicted molar refractivity (Wildman–Crippen MR) is 114 cm³/mol. The van der Waals surface area contributed by atoms with Crippen LogP contribution in [0, 0.1) is 10.1 Å². The van der Waals surface area contributed by atoms with Gasteiger partial charge in [-0.05, 0) is 42.3 Å². The van der Waals surface area contributed by atoms with Crippen LogP contribution in [0.25, 0.3) is 10.8 Å². The summed E-state index contributed by atoms with van der Waals surface area (Å²) in [6.07, 6.45) is -4.69. The summed E-state index contributed by atoms with van der Waals surface area (Å²) >= 11 is 0. The minimum absolute atomic E-state index is 0.0254. The third-order valence-electron chi connectivity index (χ3n) is 5.71. The SMILES string of the molecule is CC1(C)OCC(c2ccc3c(C(F)(F)F)c(OCc4ccccc4)ccc3c2)([N+](=O)[O-])CO1. The van der Waals surface area contributed by atoms with Crippen LogP contribution in [0.15, 0.2) is 60.7 Å². The Kier molecular flexibility index (Phi) is 5.79. The number of nitro groups is 1. The standard InChI is InChI=1S/C24H22F3NO5/c1-22(2)32-14-23(15-33-22,28(29)30)18-9-10-19-17(12-18)8-11-20(21(19)24(25,26)27)31-13-16-6-4-3-5-7-16/h3-12H,13-15H2,1-2H3. The predicted octanol–water partition coefficient (Wildman–Crippen LogP) is 5.69. The van der Waals surface area contributed by atoms with Gasteiger partial charge in [-0.15, -0.1) is 0 Å². The lowest BCUT2D eigenvalue weighted by molar-refractivity contribution is -0.605. The zero-order valence-electron chi connectivity index (χ0n) is 18.0. The van der Waals surface area contributed by atoms with Gasteiger partial charge in [0.05, 0.1) is 0 Å². The van der Waals surface area contributed by atoms with Gasteiger partial charge in [0.25, 0.3) is 5.54 Å². The molecular weight excluding hydrogens is 439 g/mol. The average molecular weight is 461 g/mol. The van der Waals surface area contributed by atoms with Crippen LogP contribution < -0.4 is 4.74 Å². The first-order valence-electron chi connectivity index (χ1n) is 10.3. The third-order valence-corrected chi connectivity index (χ3v) is 5.71. The molecule has 1 fully saturated rings. The van der Waals surface area contributed by atoms with E-state index in [4.69, 9.17) is 14.2 Å². The van der Waals surface area contributed by atoms with Gasteiger partial charge in [0.15, 0.2) is 5.79 Å². The van der Waals surface area contributed by atoms with Gasteiger partial charge in [-0.1, -0.05) is 48.5 Å². The number of hydrogen-bond acceptors (Lipinski definition) is 5. The summed E-state index contributed by atoms with van der Waals surface area (Å²) in [5.41, 5.74) is -1.70. The normalized spacial score (nSPS) is 17.6. The summed E-state index contributed by atoms with van der Waals surface area (Å²) in [6, 6.07) is 15.5. The lowest BCUT2D eigenvalue weighted by atomic mass is 9.88. The van der Waals surface area contributed by atoms with E-state index in [1.54, 1.807) is 44.2 Å². The maximum absolute atomic E-state index is 14.0. The molecule has 0 spiro atoms. The molecule has 4 rings (SSSR count). The van der Waals surface area contributed by atoms with Gasteiger partial charge >= 0.3 is 6.18 Å². The molecule has 0 aromatic heterocycles. The smallest absolute Gasteiger partial charge is 0.420 e. The fraction of sp³-hybridized carbons (Fsp3) is 0.333. The maximum Gasteiger partial charge on any atom is 0.420 e. The lowest BCUT2D eigenvalue weighted by Crippen LogP contribution is -2.53. The van der Waals surface area contributed by atoms with Crippen LogP contribution in [0.5, 0.6) is 5.75 Å². The van der Waals surface area contributed by atoms with Gasteiger partial charge in [-0.3, -0.25) is 10.1 Å². The van der Waals surface area contributed by atoms with Crippen LogP contribution in [-0.2, 0) is 27.8 Å². The molecule has 3 aromatic rings. The molecule has 3 aromatic carbocycles. The summed E-state index contributed by atoms with van der Waals surface area (Å²) in [7, 11) is 0. The first-order chi connectivity index (χ1) is 15.5. The zero-order chi connectivity index (χ0) is 23.9. The summed E-state index contributed by atoms with van der Waals surface area (Å²) < 4.78 is 58.6. The molecule has 33 heavy (non-hydrogen) atoms. The number of fused-ring (bicyclic) bond motifs is 1. The van der Waals surface area contributed by atoms with E-state index in [0.717, 1.165) is 5.56 Å². The van der Waals surface area contributed by atoms with Crippen LogP contribution in [0.1, 0.15) is 30.5 Å². The van der Waals surface area contributed by atoms with E-state index in [1.807, 2.05) is 0 Å². The highest BCUT2D eigenvalue weighted by Gasteiger charge is 2.52. The van der Waals surface area contributed by atoms with E-state index in [9.17, 15) is 23.3 Å². The van der Waals surface area contributed by atoms with Gasteiger partial charge in [0, 0.05) is 10.5 Å².